The van der Waals surface area contributed by atoms with Crippen LogP contribution in [-0.2, 0) is 9.53 Å². The Hall–Kier alpha value is -0.610. The van der Waals surface area contributed by atoms with Crippen LogP contribution >= 0.6 is 0 Å². The highest BCUT2D eigenvalue weighted by Crippen LogP contribution is 2.37. The average molecular weight is 226 g/mol. The predicted octanol–water partition coefficient (Wildman–Crippen LogP) is 0.764. The molecule has 0 spiro atoms. The number of carbonyl (C=O) groups excluding carboxylic acids is 1. The fourth-order valence-corrected chi connectivity index (χ4v) is 2.86. The number of nitrogens with zero attached hydrogens (tertiary/aromatic N) is 1. The molecule has 0 radical (unpaired) electrons. The highest BCUT2D eigenvalue weighted by molar-refractivity contribution is 5.81. The number of nitrogens with one attached hydrogen (secondary N) is 1. The monoisotopic (exact) mass is 226 g/mol. The topological polar surface area (TPSA) is 41.6 Å². The minimum atomic E-state index is -0.442. The largest absolute Gasteiger partial charge is 0.468 e. The van der Waals surface area contributed by atoms with Crippen molar-refractivity contribution in [1.29, 1.82) is 0 Å². The predicted molar refractivity (Wildman–Crippen MR) is 62.2 cm³/mol. The molecule has 0 aromatic carbocycles. The zero-order valence-corrected chi connectivity index (χ0v) is 10.5. The molecule has 4 heteroatoms. The molecule has 2 fully saturated rings. The Morgan fingerprint density at radius 2 is 2.06 bits per heavy atom. The van der Waals surface area contributed by atoms with Crippen molar-refractivity contribution in [2.24, 2.45) is 0 Å². The summed E-state index contributed by atoms with van der Waals surface area (Å²) in [5.41, 5.74) is -0.442. The molecule has 2 atom stereocenters. The van der Waals surface area contributed by atoms with Gasteiger partial charge in [0, 0.05) is 12.1 Å². The Labute approximate surface area is 97.3 Å². The Balaban J connectivity index is 2.01. The smallest absolute Gasteiger partial charge is 0.326 e. The molecule has 2 aliphatic carbocycles. The van der Waals surface area contributed by atoms with E-state index in [-0.39, 0.29) is 5.97 Å². The number of rotatable bonds is 4. The third-order valence-corrected chi connectivity index (χ3v) is 4.24. The maximum atomic E-state index is 11.8. The SMILES string of the molecule is CNC1(C(=O)OC)CCC(N(C)C2CC2)C1. The zero-order valence-electron chi connectivity index (χ0n) is 10.5. The second-order valence-corrected chi connectivity index (χ2v) is 5.12. The van der Waals surface area contributed by atoms with E-state index in [0.29, 0.717) is 6.04 Å². The van der Waals surface area contributed by atoms with E-state index >= 15 is 0 Å². The van der Waals surface area contributed by atoms with Gasteiger partial charge in [0.2, 0.25) is 0 Å². The molecular weight excluding hydrogens is 204 g/mol. The van der Waals surface area contributed by atoms with Gasteiger partial charge < -0.3 is 15.0 Å². The van der Waals surface area contributed by atoms with Crippen molar-refractivity contribution in [3.05, 3.63) is 0 Å². The van der Waals surface area contributed by atoms with Crippen LogP contribution in [0.5, 0.6) is 0 Å². The summed E-state index contributed by atoms with van der Waals surface area (Å²) in [6.07, 6.45) is 5.49. The van der Waals surface area contributed by atoms with Crippen LogP contribution in [-0.4, -0.2) is 49.7 Å². The lowest BCUT2D eigenvalue weighted by Gasteiger charge is -2.28. The van der Waals surface area contributed by atoms with E-state index in [1.165, 1.54) is 20.0 Å². The molecule has 0 heterocycles. The molecule has 0 aliphatic heterocycles. The lowest BCUT2D eigenvalue weighted by molar-refractivity contribution is -0.148. The van der Waals surface area contributed by atoms with Crippen molar-refractivity contribution in [3.8, 4) is 0 Å². The third-order valence-electron chi connectivity index (χ3n) is 4.24. The first-order valence-electron chi connectivity index (χ1n) is 6.12. The van der Waals surface area contributed by atoms with Gasteiger partial charge in [0.1, 0.15) is 5.54 Å². The summed E-state index contributed by atoms with van der Waals surface area (Å²) in [6.45, 7) is 0. The van der Waals surface area contributed by atoms with Crippen LogP contribution in [0, 0.1) is 0 Å². The maximum Gasteiger partial charge on any atom is 0.326 e. The zero-order chi connectivity index (χ0) is 11.8. The van der Waals surface area contributed by atoms with Crippen LogP contribution in [0.2, 0.25) is 0 Å². The van der Waals surface area contributed by atoms with Gasteiger partial charge in [-0.1, -0.05) is 0 Å². The average Bonchev–Trinajstić information content (AvgIpc) is 3.06. The molecule has 4 nitrogen and oxygen atoms in total. The van der Waals surface area contributed by atoms with E-state index in [4.69, 9.17) is 4.74 Å². The quantitative estimate of drug-likeness (QED) is 0.719. The standard InChI is InChI=1S/C12H22N2O2/c1-13-12(11(15)16-3)7-6-10(8-12)14(2)9-4-5-9/h9-10,13H,4-8H2,1-3H3. The van der Waals surface area contributed by atoms with Crippen LogP contribution < -0.4 is 5.32 Å². The lowest BCUT2D eigenvalue weighted by Crippen LogP contribution is -2.50. The first-order valence-corrected chi connectivity index (χ1v) is 6.12. The van der Waals surface area contributed by atoms with Crippen molar-refractivity contribution in [2.45, 2.75) is 49.7 Å². The van der Waals surface area contributed by atoms with E-state index < -0.39 is 5.54 Å². The summed E-state index contributed by atoms with van der Waals surface area (Å²) >= 11 is 0. The number of hydrogen-bond donors (Lipinski definition) is 1. The molecular formula is C12H22N2O2. The van der Waals surface area contributed by atoms with Crippen molar-refractivity contribution in [1.82, 2.24) is 10.2 Å². The molecule has 2 unspecified atom stereocenters. The van der Waals surface area contributed by atoms with Gasteiger partial charge in [0.05, 0.1) is 7.11 Å². The van der Waals surface area contributed by atoms with Crippen molar-refractivity contribution >= 4 is 5.97 Å². The molecule has 16 heavy (non-hydrogen) atoms. The number of methoxy groups -OCH3 is 1. The summed E-state index contributed by atoms with van der Waals surface area (Å²) in [5.74, 6) is -0.110. The van der Waals surface area contributed by atoms with Gasteiger partial charge in [-0.3, -0.25) is 4.79 Å². The van der Waals surface area contributed by atoms with E-state index in [9.17, 15) is 4.79 Å². The number of carbonyl (C=O) groups is 1. The van der Waals surface area contributed by atoms with Gasteiger partial charge in [-0.2, -0.15) is 0 Å². The third kappa shape index (κ3) is 1.96. The highest BCUT2D eigenvalue weighted by Gasteiger charge is 2.47. The number of likely N-dealkylation sites (N-methyl/N-ethyl adjacent to an activating group) is 1. The Bertz CT molecular complexity index is 278. The number of esters is 1. The molecule has 0 aromatic rings. The van der Waals surface area contributed by atoms with E-state index in [2.05, 4.69) is 17.3 Å². The fourth-order valence-electron chi connectivity index (χ4n) is 2.86. The van der Waals surface area contributed by atoms with Crippen molar-refractivity contribution in [3.63, 3.8) is 0 Å². The van der Waals surface area contributed by atoms with Gasteiger partial charge in [-0.15, -0.1) is 0 Å². The Morgan fingerprint density at radius 3 is 2.56 bits per heavy atom. The van der Waals surface area contributed by atoms with Crippen LogP contribution in [0.4, 0.5) is 0 Å². The highest BCUT2D eigenvalue weighted by atomic mass is 16.5. The molecule has 2 saturated carbocycles. The number of hydrogen-bond acceptors (Lipinski definition) is 4. The Morgan fingerprint density at radius 1 is 1.38 bits per heavy atom. The van der Waals surface area contributed by atoms with Gasteiger partial charge in [-0.05, 0) is 46.2 Å². The van der Waals surface area contributed by atoms with Gasteiger partial charge in [-0.25, -0.2) is 0 Å². The van der Waals surface area contributed by atoms with Crippen LogP contribution in [0.3, 0.4) is 0 Å². The van der Waals surface area contributed by atoms with E-state index in [1.807, 2.05) is 7.05 Å². The van der Waals surface area contributed by atoms with Gasteiger partial charge >= 0.3 is 5.97 Å². The van der Waals surface area contributed by atoms with Crippen molar-refractivity contribution in [2.75, 3.05) is 21.2 Å². The molecule has 0 saturated heterocycles. The maximum absolute atomic E-state index is 11.8. The summed E-state index contributed by atoms with van der Waals surface area (Å²) in [6, 6.07) is 1.29. The normalized spacial score (nSPS) is 34.4. The first-order chi connectivity index (χ1) is 7.63. The van der Waals surface area contributed by atoms with Crippen LogP contribution in [0.1, 0.15) is 32.1 Å². The van der Waals surface area contributed by atoms with Crippen molar-refractivity contribution < 1.29 is 9.53 Å². The summed E-state index contributed by atoms with van der Waals surface area (Å²) in [4.78, 5) is 14.3. The lowest BCUT2D eigenvalue weighted by atomic mass is 9.97. The number of ether oxygens (including phenoxy) is 1. The molecule has 92 valence electrons. The van der Waals surface area contributed by atoms with Crippen LogP contribution in [0.25, 0.3) is 0 Å². The molecule has 2 aliphatic rings. The summed E-state index contributed by atoms with van der Waals surface area (Å²) in [5, 5.41) is 3.17. The van der Waals surface area contributed by atoms with Gasteiger partial charge in [0.15, 0.2) is 0 Å². The Kier molecular flexibility index (Phi) is 3.22. The fraction of sp³-hybridized carbons (Fsp3) is 0.917. The summed E-state index contributed by atoms with van der Waals surface area (Å²) in [7, 11) is 5.52. The summed E-state index contributed by atoms with van der Waals surface area (Å²) < 4.78 is 4.91. The second kappa shape index (κ2) is 4.34. The molecule has 0 bridgehead atoms. The minimum Gasteiger partial charge on any atom is -0.468 e. The first kappa shape index (κ1) is 11.9. The molecule has 2 rings (SSSR count). The van der Waals surface area contributed by atoms with E-state index in [0.717, 1.165) is 25.3 Å². The molecule has 1 N–H and O–H groups in total. The second-order valence-electron chi connectivity index (χ2n) is 5.12. The van der Waals surface area contributed by atoms with Crippen LogP contribution in [0.15, 0.2) is 0 Å². The molecule has 0 aromatic heterocycles. The molecule has 0 amide bonds. The minimum absolute atomic E-state index is 0.110. The van der Waals surface area contributed by atoms with E-state index in [1.54, 1.807) is 0 Å². The van der Waals surface area contributed by atoms with Gasteiger partial charge in [0.25, 0.3) is 0 Å².